The minimum atomic E-state index is -0.275. The number of carbonyl (C=O) groups excluding carboxylic acids is 1. The smallest absolute Gasteiger partial charge is 0.251 e. The molecule has 0 spiro atoms. The average molecular weight is 462 g/mol. The molecule has 0 aliphatic carbocycles. The van der Waals surface area contributed by atoms with Gasteiger partial charge in [-0.1, -0.05) is 48.0 Å². The number of carbonyl (C=O) groups is 1. The lowest BCUT2D eigenvalue weighted by Crippen LogP contribution is -2.28. The van der Waals surface area contributed by atoms with Crippen LogP contribution in [0.15, 0.2) is 66.7 Å². The van der Waals surface area contributed by atoms with Gasteiger partial charge in [-0.25, -0.2) is 4.98 Å². The lowest BCUT2D eigenvalue weighted by Gasteiger charge is -2.17. The zero-order valence-corrected chi connectivity index (χ0v) is 19.9. The molecule has 3 aromatic carbocycles. The quantitative estimate of drug-likeness (QED) is 0.315. The van der Waals surface area contributed by atoms with Crippen molar-refractivity contribution in [3.05, 3.63) is 94.3 Å². The van der Waals surface area contributed by atoms with E-state index in [9.17, 15) is 4.79 Å². The number of hydrogen-bond acceptors (Lipinski definition) is 3. The topological polar surface area (TPSA) is 56.1 Å². The van der Waals surface area contributed by atoms with Crippen LogP contribution in [-0.4, -0.2) is 22.1 Å². The summed E-state index contributed by atoms with van der Waals surface area (Å²) < 4.78 is 8.27. The third-order valence-electron chi connectivity index (χ3n) is 5.69. The lowest BCUT2D eigenvalue weighted by atomic mass is 10.1. The number of nitrogens with zero attached hydrogens (tertiary/aromatic N) is 2. The summed E-state index contributed by atoms with van der Waals surface area (Å²) >= 11 is 6.05. The highest BCUT2D eigenvalue weighted by Gasteiger charge is 2.19. The van der Waals surface area contributed by atoms with E-state index in [1.165, 1.54) is 0 Å². The van der Waals surface area contributed by atoms with Crippen LogP contribution in [0.25, 0.3) is 11.0 Å². The number of hydrogen-bond donors (Lipinski definition) is 1. The van der Waals surface area contributed by atoms with Crippen molar-refractivity contribution in [2.45, 2.75) is 39.8 Å². The normalized spacial score (nSPS) is 12.0. The van der Waals surface area contributed by atoms with Crippen molar-refractivity contribution in [1.29, 1.82) is 0 Å². The molecule has 6 heteroatoms. The second kappa shape index (κ2) is 10.1. The number of aromatic nitrogens is 2. The molecule has 0 radical (unpaired) electrons. The predicted octanol–water partition coefficient (Wildman–Crippen LogP) is 6.27. The van der Waals surface area contributed by atoms with Crippen LogP contribution in [0, 0.1) is 13.8 Å². The van der Waals surface area contributed by atoms with Crippen molar-refractivity contribution in [2.75, 3.05) is 6.61 Å². The van der Waals surface area contributed by atoms with Gasteiger partial charge in [0.05, 0.1) is 23.7 Å². The third kappa shape index (κ3) is 5.20. The Morgan fingerprint density at radius 1 is 1.06 bits per heavy atom. The summed E-state index contributed by atoms with van der Waals surface area (Å²) in [5.41, 5.74) is 4.76. The first-order valence-electron chi connectivity index (χ1n) is 11.1. The zero-order chi connectivity index (χ0) is 23.4. The maximum Gasteiger partial charge on any atom is 0.251 e. The monoisotopic (exact) mass is 461 g/mol. The maximum absolute atomic E-state index is 12.8. The van der Waals surface area contributed by atoms with E-state index >= 15 is 0 Å². The number of aryl methyl sites for hydroxylation is 3. The first kappa shape index (κ1) is 22.9. The first-order valence-corrected chi connectivity index (χ1v) is 11.5. The van der Waals surface area contributed by atoms with Crippen LogP contribution in [0.1, 0.15) is 46.7 Å². The summed E-state index contributed by atoms with van der Waals surface area (Å²) in [5, 5.41) is 3.59. The Morgan fingerprint density at radius 3 is 2.55 bits per heavy atom. The van der Waals surface area contributed by atoms with Crippen LogP contribution in [0.5, 0.6) is 5.75 Å². The molecular weight excluding hydrogens is 434 g/mol. The van der Waals surface area contributed by atoms with Gasteiger partial charge in [0.15, 0.2) is 0 Å². The molecule has 0 bridgehead atoms. The SMILES string of the molecule is Cc1cccc(C)c1OCCCn1c(C(C)NC(=O)c2cccc(Cl)c2)nc2ccccc21. The Balaban J connectivity index is 1.50. The Hall–Kier alpha value is -3.31. The number of benzene rings is 3. The minimum Gasteiger partial charge on any atom is -0.493 e. The molecule has 33 heavy (non-hydrogen) atoms. The molecule has 4 rings (SSSR count). The highest BCUT2D eigenvalue weighted by molar-refractivity contribution is 6.30. The minimum absolute atomic E-state index is 0.179. The molecule has 1 aromatic heterocycles. The van der Waals surface area contributed by atoms with E-state index < -0.39 is 0 Å². The van der Waals surface area contributed by atoms with Crippen molar-refractivity contribution >= 4 is 28.5 Å². The number of para-hydroxylation sites is 3. The largest absolute Gasteiger partial charge is 0.493 e. The fraction of sp³-hybridized carbons (Fsp3) is 0.259. The van der Waals surface area contributed by atoms with Gasteiger partial charge in [-0.15, -0.1) is 0 Å². The molecule has 0 saturated heterocycles. The molecule has 0 aliphatic heterocycles. The molecule has 0 saturated carbocycles. The molecular formula is C27H28ClN3O2. The molecule has 1 unspecified atom stereocenters. The molecule has 0 fully saturated rings. The van der Waals surface area contributed by atoms with Gasteiger partial charge in [-0.05, 0) is 68.7 Å². The van der Waals surface area contributed by atoms with E-state index in [0.717, 1.165) is 46.7 Å². The standard InChI is InChI=1S/C27H28ClN3O2/c1-18-9-6-10-19(2)25(18)33-16-8-15-31-24-14-5-4-13-23(24)30-26(31)20(3)29-27(32)21-11-7-12-22(28)17-21/h4-7,9-14,17,20H,8,15-16H2,1-3H3,(H,29,32). The summed E-state index contributed by atoms with van der Waals surface area (Å²) in [5.74, 6) is 1.59. The Labute approximate surface area is 199 Å². The summed E-state index contributed by atoms with van der Waals surface area (Å²) in [6.07, 6.45) is 0.816. The molecule has 1 atom stereocenters. The van der Waals surface area contributed by atoms with Gasteiger partial charge < -0.3 is 14.6 Å². The van der Waals surface area contributed by atoms with Crippen LogP contribution in [0.2, 0.25) is 5.02 Å². The highest BCUT2D eigenvalue weighted by atomic mass is 35.5. The van der Waals surface area contributed by atoms with Gasteiger partial charge >= 0.3 is 0 Å². The van der Waals surface area contributed by atoms with Crippen molar-refractivity contribution in [3.63, 3.8) is 0 Å². The number of rotatable bonds is 8. The van der Waals surface area contributed by atoms with E-state index in [0.29, 0.717) is 17.2 Å². The van der Waals surface area contributed by atoms with Gasteiger partial charge in [0, 0.05) is 17.1 Å². The molecule has 4 aromatic rings. The van der Waals surface area contributed by atoms with Crippen LogP contribution in [0.4, 0.5) is 0 Å². The summed E-state index contributed by atoms with van der Waals surface area (Å²) in [4.78, 5) is 17.6. The maximum atomic E-state index is 12.8. The molecule has 0 aliphatic rings. The molecule has 1 N–H and O–H groups in total. The second-order valence-electron chi connectivity index (χ2n) is 8.24. The van der Waals surface area contributed by atoms with E-state index in [-0.39, 0.29) is 11.9 Å². The average Bonchev–Trinajstić information content (AvgIpc) is 3.17. The Kier molecular flexibility index (Phi) is 6.99. The van der Waals surface area contributed by atoms with Gasteiger partial charge in [0.25, 0.3) is 5.91 Å². The molecule has 5 nitrogen and oxygen atoms in total. The van der Waals surface area contributed by atoms with Gasteiger partial charge in [0.1, 0.15) is 11.6 Å². The predicted molar refractivity (Wildman–Crippen MR) is 133 cm³/mol. The van der Waals surface area contributed by atoms with Gasteiger partial charge in [0.2, 0.25) is 0 Å². The Bertz CT molecular complexity index is 1260. The van der Waals surface area contributed by atoms with Crippen LogP contribution >= 0.6 is 11.6 Å². The first-order chi connectivity index (χ1) is 15.9. The van der Waals surface area contributed by atoms with E-state index in [4.69, 9.17) is 21.3 Å². The number of halogens is 1. The number of nitrogens with one attached hydrogen (secondary N) is 1. The summed E-state index contributed by atoms with van der Waals surface area (Å²) in [6.45, 7) is 7.41. The number of ether oxygens (including phenoxy) is 1. The number of amides is 1. The van der Waals surface area contributed by atoms with E-state index in [1.54, 1.807) is 24.3 Å². The van der Waals surface area contributed by atoms with Crippen LogP contribution in [-0.2, 0) is 6.54 Å². The molecule has 1 amide bonds. The van der Waals surface area contributed by atoms with Crippen molar-refractivity contribution in [2.24, 2.45) is 0 Å². The van der Waals surface area contributed by atoms with E-state index in [1.807, 2.05) is 31.2 Å². The Morgan fingerprint density at radius 2 is 1.79 bits per heavy atom. The fourth-order valence-corrected chi connectivity index (χ4v) is 4.25. The van der Waals surface area contributed by atoms with E-state index in [2.05, 4.69) is 41.9 Å². The number of fused-ring (bicyclic) bond motifs is 1. The number of imidazole rings is 1. The summed E-state index contributed by atoms with van der Waals surface area (Å²) in [6, 6.07) is 20.9. The van der Waals surface area contributed by atoms with Crippen LogP contribution < -0.4 is 10.1 Å². The van der Waals surface area contributed by atoms with Gasteiger partial charge in [-0.2, -0.15) is 0 Å². The second-order valence-corrected chi connectivity index (χ2v) is 8.68. The third-order valence-corrected chi connectivity index (χ3v) is 5.92. The highest BCUT2D eigenvalue weighted by Crippen LogP contribution is 2.24. The lowest BCUT2D eigenvalue weighted by molar-refractivity contribution is 0.0937. The van der Waals surface area contributed by atoms with Crippen molar-refractivity contribution in [3.8, 4) is 5.75 Å². The molecule has 1 heterocycles. The summed E-state index contributed by atoms with van der Waals surface area (Å²) in [7, 11) is 0. The van der Waals surface area contributed by atoms with Gasteiger partial charge in [-0.3, -0.25) is 4.79 Å². The fourth-order valence-electron chi connectivity index (χ4n) is 4.06. The van der Waals surface area contributed by atoms with Crippen molar-refractivity contribution < 1.29 is 9.53 Å². The zero-order valence-electron chi connectivity index (χ0n) is 19.1. The van der Waals surface area contributed by atoms with Crippen LogP contribution in [0.3, 0.4) is 0 Å². The molecule has 170 valence electrons. The van der Waals surface area contributed by atoms with Crippen molar-refractivity contribution in [1.82, 2.24) is 14.9 Å².